The summed E-state index contributed by atoms with van der Waals surface area (Å²) in [6.45, 7) is 3.07. The van der Waals surface area contributed by atoms with Crippen LogP contribution in [0.3, 0.4) is 0 Å². The number of nitrogens with one attached hydrogen (secondary N) is 1. The molecule has 4 heteroatoms. The van der Waals surface area contributed by atoms with Crippen LogP contribution in [-0.4, -0.2) is 31.7 Å². The standard InChI is InChI=1S/C16H25N3.2CH3.Au/c1-4-10-17-13(7-1)16(14-8-2-5-11-18-14)15-9-3-6-12-19-15;;;/h1,4,7,14-16,18H,2-3,5-6,8-12H2;2*1H3;/q-2;2*-1;+1. The Morgan fingerprint density at radius 3 is 2.50 bits per heavy atom. The third-order valence-corrected chi connectivity index (χ3v) is 4.59. The average Bonchev–Trinajstić information content (AvgIpc) is 2.51. The second-order valence-electron chi connectivity index (χ2n) is 5.91. The summed E-state index contributed by atoms with van der Waals surface area (Å²) in [7, 11) is 0. The molecule has 0 radical (unpaired) electrons. The minimum Gasteiger partial charge on any atom is -0.684 e. The largest absolute Gasteiger partial charge is 1.00 e. The van der Waals surface area contributed by atoms with Crippen molar-refractivity contribution < 1.29 is 22.4 Å². The van der Waals surface area contributed by atoms with E-state index in [1.807, 2.05) is 0 Å². The number of hydrogen-bond donors (Lipinski definition) is 1. The van der Waals surface area contributed by atoms with E-state index in [9.17, 15) is 0 Å². The van der Waals surface area contributed by atoms with Gasteiger partial charge in [0.2, 0.25) is 0 Å². The van der Waals surface area contributed by atoms with Crippen molar-refractivity contribution in [3.8, 4) is 0 Å². The predicted molar refractivity (Wildman–Crippen MR) is 93.3 cm³/mol. The molecule has 0 aromatic carbocycles. The fourth-order valence-electron chi connectivity index (χ4n) is 3.62. The van der Waals surface area contributed by atoms with Crippen molar-refractivity contribution in [1.29, 1.82) is 0 Å². The first kappa shape index (κ1) is 21.9. The van der Waals surface area contributed by atoms with Crippen LogP contribution in [0.15, 0.2) is 23.9 Å². The van der Waals surface area contributed by atoms with Crippen molar-refractivity contribution in [2.24, 2.45) is 5.92 Å². The number of piperidine rings is 2. The Morgan fingerprint density at radius 2 is 1.91 bits per heavy atom. The second-order valence-corrected chi connectivity index (χ2v) is 5.91. The van der Waals surface area contributed by atoms with Gasteiger partial charge in [-0.2, -0.15) is 5.70 Å². The maximum absolute atomic E-state index is 4.92. The third-order valence-electron chi connectivity index (χ3n) is 4.59. The summed E-state index contributed by atoms with van der Waals surface area (Å²) in [5, 5.41) is 13.4. The van der Waals surface area contributed by atoms with Crippen molar-refractivity contribution in [2.45, 2.75) is 50.6 Å². The van der Waals surface area contributed by atoms with Crippen LogP contribution in [0, 0.1) is 20.8 Å². The summed E-state index contributed by atoms with van der Waals surface area (Å²) < 4.78 is 0. The van der Waals surface area contributed by atoms with E-state index in [2.05, 4.69) is 23.5 Å². The molecule has 0 aromatic heterocycles. The van der Waals surface area contributed by atoms with Crippen molar-refractivity contribution in [3.05, 3.63) is 49.4 Å². The van der Waals surface area contributed by atoms with Gasteiger partial charge in [0.15, 0.2) is 0 Å². The van der Waals surface area contributed by atoms with Crippen molar-refractivity contribution >= 4 is 0 Å². The van der Waals surface area contributed by atoms with Crippen LogP contribution in [0.4, 0.5) is 0 Å². The normalized spacial score (nSPS) is 28.8. The van der Waals surface area contributed by atoms with E-state index in [-0.39, 0.29) is 37.2 Å². The molecular formula is C18H31AuN3-3. The zero-order chi connectivity index (χ0) is 12.9. The molecule has 3 heterocycles. The van der Waals surface area contributed by atoms with Gasteiger partial charge in [-0.05, 0) is 25.3 Å². The molecule has 3 atom stereocenters. The molecule has 2 saturated heterocycles. The Balaban J connectivity index is 0.00000147. The monoisotopic (exact) mass is 486 g/mol. The molecular weight excluding hydrogens is 455 g/mol. The molecule has 0 saturated carbocycles. The van der Waals surface area contributed by atoms with E-state index in [1.54, 1.807) is 0 Å². The fourth-order valence-corrected chi connectivity index (χ4v) is 3.62. The van der Waals surface area contributed by atoms with Gasteiger partial charge in [-0.15, -0.1) is 25.2 Å². The number of hydrogen-bond acceptors (Lipinski definition) is 1. The molecule has 0 bridgehead atoms. The van der Waals surface area contributed by atoms with Gasteiger partial charge in [0.1, 0.15) is 0 Å². The molecule has 0 aromatic rings. The molecule has 3 aliphatic rings. The quantitative estimate of drug-likeness (QED) is 0.467. The van der Waals surface area contributed by atoms with Crippen molar-refractivity contribution in [3.63, 3.8) is 0 Å². The van der Waals surface area contributed by atoms with Crippen LogP contribution in [0.1, 0.15) is 38.5 Å². The Labute approximate surface area is 153 Å². The zero-order valence-electron chi connectivity index (χ0n) is 14.0. The van der Waals surface area contributed by atoms with Gasteiger partial charge in [0.05, 0.1) is 0 Å². The van der Waals surface area contributed by atoms with Gasteiger partial charge >= 0.3 is 22.4 Å². The number of rotatable bonds is 3. The molecule has 3 rings (SSSR count). The van der Waals surface area contributed by atoms with Crippen LogP contribution < -0.4 is 5.32 Å². The topological polar surface area (TPSA) is 40.2 Å². The maximum atomic E-state index is 4.92. The summed E-state index contributed by atoms with van der Waals surface area (Å²) in [5.41, 5.74) is 1.29. The summed E-state index contributed by atoms with van der Waals surface area (Å²) in [4.78, 5) is 0. The molecule has 0 amide bonds. The second kappa shape index (κ2) is 11.5. The SMILES string of the molecule is C1=CC[N-]C(C(C2CCCC[N-]2)C2CCCCN2)=C1.[Au+].[CH3-].[CH3-]. The molecule has 1 N–H and O–H groups in total. The Kier molecular flexibility index (Phi) is 11.4. The van der Waals surface area contributed by atoms with Crippen LogP contribution in [-0.2, 0) is 22.4 Å². The smallest absolute Gasteiger partial charge is 0.684 e. The zero-order valence-corrected chi connectivity index (χ0v) is 16.2. The minimum absolute atomic E-state index is 0. The van der Waals surface area contributed by atoms with Crippen LogP contribution >= 0.6 is 0 Å². The molecule has 22 heavy (non-hydrogen) atoms. The maximum Gasteiger partial charge on any atom is 1.00 e. The molecule has 3 nitrogen and oxygen atoms in total. The molecule has 0 spiro atoms. The van der Waals surface area contributed by atoms with Crippen molar-refractivity contribution in [2.75, 3.05) is 19.6 Å². The van der Waals surface area contributed by atoms with E-state index >= 15 is 0 Å². The van der Waals surface area contributed by atoms with Gasteiger partial charge in [-0.3, -0.25) is 0 Å². The Morgan fingerprint density at radius 1 is 1.09 bits per heavy atom. The third kappa shape index (κ3) is 5.54. The van der Waals surface area contributed by atoms with Gasteiger partial charge in [-0.1, -0.05) is 37.8 Å². The predicted octanol–water partition coefficient (Wildman–Crippen LogP) is 4.40. The van der Waals surface area contributed by atoms with Crippen molar-refractivity contribution in [1.82, 2.24) is 5.32 Å². The van der Waals surface area contributed by atoms with Gasteiger partial charge in [0, 0.05) is 6.04 Å². The molecule has 132 valence electrons. The first-order valence-corrected chi connectivity index (χ1v) is 7.89. The molecule has 3 unspecified atom stereocenters. The minimum atomic E-state index is 0. The van der Waals surface area contributed by atoms with Gasteiger partial charge < -0.3 is 30.8 Å². The van der Waals surface area contributed by atoms with E-state index in [4.69, 9.17) is 10.6 Å². The summed E-state index contributed by atoms with van der Waals surface area (Å²) in [6.07, 6.45) is 14.3. The van der Waals surface area contributed by atoms with Gasteiger partial charge in [0.25, 0.3) is 0 Å². The Bertz CT molecular complexity index is 324. The van der Waals surface area contributed by atoms with E-state index in [0.717, 1.165) is 19.6 Å². The molecule has 3 aliphatic heterocycles. The van der Waals surface area contributed by atoms with Crippen LogP contribution in [0.2, 0.25) is 0 Å². The summed E-state index contributed by atoms with van der Waals surface area (Å²) >= 11 is 0. The summed E-state index contributed by atoms with van der Waals surface area (Å²) in [6, 6.07) is 1.08. The fraction of sp³-hybridized carbons (Fsp3) is 0.667. The molecule has 0 aliphatic carbocycles. The average molecular weight is 486 g/mol. The van der Waals surface area contributed by atoms with Gasteiger partial charge in [-0.25, -0.2) is 0 Å². The summed E-state index contributed by atoms with van der Waals surface area (Å²) in [5.74, 6) is 0.505. The molecule has 2 fully saturated rings. The Hall–Kier alpha value is -0.0597. The van der Waals surface area contributed by atoms with Crippen LogP contribution in [0.25, 0.3) is 10.6 Å². The van der Waals surface area contributed by atoms with E-state index in [1.165, 1.54) is 44.2 Å². The number of nitrogens with zero attached hydrogens (tertiary/aromatic N) is 2. The van der Waals surface area contributed by atoms with E-state index in [0.29, 0.717) is 18.0 Å². The first-order chi connectivity index (χ1) is 9.45. The van der Waals surface area contributed by atoms with E-state index < -0.39 is 0 Å². The number of allylic oxidation sites excluding steroid dienone is 2. The van der Waals surface area contributed by atoms with Crippen LogP contribution in [0.5, 0.6) is 0 Å². The first-order valence-electron chi connectivity index (χ1n) is 7.89.